The van der Waals surface area contributed by atoms with Gasteiger partial charge in [-0.2, -0.15) is 10.5 Å². The molecule has 96 valence electrons. The number of anilines is 1. The van der Waals surface area contributed by atoms with Gasteiger partial charge in [0.15, 0.2) is 0 Å². The summed E-state index contributed by atoms with van der Waals surface area (Å²) in [5.74, 6) is 0.167. The van der Waals surface area contributed by atoms with Crippen molar-refractivity contribution in [3.05, 3.63) is 34.7 Å². The molecule has 7 nitrogen and oxygen atoms in total. The number of phenols is 1. The van der Waals surface area contributed by atoms with E-state index in [2.05, 4.69) is 25.9 Å². The average molecular weight is 277 g/mol. The van der Waals surface area contributed by atoms with Crippen molar-refractivity contribution in [3.63, 3.8) is 0 Å². The average Bonchev–Trinajstić information content (AvgIpc) is 2.93. The number of tetrazole rings is 1. The summed E-state index contributed by atoms with van der Waals surface area (Å²) < 4.78 is 0. The molecular formula is C11H9ClN6O. The standard InChI is InChI=1S/C11H9ClN6O/c1-6-2-3-8(9(12)10(6)19)14-5-7(4-13)11-15-17-18-16-11/h2-3,5,14,19H,1H3,(H,15,16,17,18). The topological polar surface area (TPSA) is 111 Å². The predicted octanol–water partition coefficient (Wildman–Crippen LogP) is 1.84. The van der Waals surface area contributed by atoms with Crippen molar-refractivity contribution >= 4 is 22.9 Å². The van der Waals surface area contributed by atoms with Gasteiger partial charge in [-0.05, 0) is 23.8 Å². The number of hydrogen-bond acceptors (Lipinski definition) is 6. The molecule has 0 aliphatic carbocycles. The maximum absolute atomic E-state index is 9.70. The Morgan fingerprint density at radius 1 is 1.58 bits per heavy atom. The van der Waals surface area contributed by atoms with Gasteiger partial charge in [0.05, 0.1) is 5.69 Å². The molecule has 2 rings (SSSR count). The van der Waals surface area contributed by atoms with E-state index in [1.807, 2.05) is 6.07 Å². The third-order valence-electron chi connectivity index (χ3n) is 2.40. The van der Waals surface area contributed by atoms with Gasteiger partial charge < -0.3 is 10.4 Å². The lowest BCUT2D eigenvalue weighted by molar-refractivity contribution is 0.471. The highest BCUT2D eigenvalue weighted by Crippen LogP contribution is 2.34. The van der Waals surface area contributed by atoms with E-state index in [0.717, 1.165) is 0 Å². The number of benzene rings is 1. The molecule has 0 saturated heterocycles. The Morgan fingerprint density at radius 3 is 3.00 bits per heavy atom. The number of hydrogen-bond donors (Lipinski definition) is 3. The molecule has 3 N–H and O–H groups in total. The minimum atomic E-state index is -0.00173. The summed E-state index contributed by atoms with van der Waals surface area (Å²) in [7, 11) is 0. The first-order valence-corrected chi connectivity index (χ1v) is 5.60. The summed E-state index contributed by atoms with van der Waals surface area (Å²) in [5.41, 5.74) is 1.32. The Hall–Kier alpha value is -2.59. The molecule has 0 saturated carbocycles. The fourth-order valence-electron chi connectivity index (χ4n) is 1.35. The van der Waals surface area contributed by atoms with E-state index in [4.69, 9.17) is 16.9 Å². The number of phenolic OH excluding ortho intramolecular Hbond substituents is 1. The number of H-pyrrole nitrogens is 1. The second kappa shape index (κ2) is 5.37. The summed E-state index contributed by atoms with van der Waals surface area (Å²) >= 11 is 5.98. The van der Waals surface area contributed by atoms with E-state index in [-0.39, 0.29) is 22.2 Å². The van der Waals surface area contributed by atoms with Gasteiger partial charge in [-0.25, -0.2) is 0 Å². The highest BCUT2D eigenvalue weighted by Gasteiger charge is 2.09. The first-order chi connectivity index (χ1) is 9.13. The van der Waals surface area contributed by atoms with Gasteiger partial charge in [-0.1, -0.05) is 17.7 Å². The molecule has 19 heavy (non-hydrogen) atoms. The summed E-state index contributed by atoms with van der Waals surface area (Å²) in [6.45, 7) is 1.74. The van der Waals surface area contributed by atoms with Crippen LogP contribution in [-0.4, -0.2) is 25.7 Å². The zero-order chi connectivity index (χ0) is 13.8. The summed E-state index contributed by atoms with van der Waals surface area (Å²) in [6, 6.07) is 5.33. The lowest BCUT2D eigenvalue weighted by atomic mass is 10.2. The molecule has 1 aromatic carbocycles. The predicted molar refractivity (Wildman–Crippen MR) is 69.2 cm³/mol. The van der Waals surface area contributed by atoms with Crippen LogP contribution < -0.4 is 5.32 Å². The van der Waals surface area contributed by atoms with Crippen LogP contribution in [0.1, 0.15) is 11.4 Å². The van der Waals surface area contributed by atoms with Crippen molar-refractivity contribution in [1.82, 2.24) is 20.6 Å². The fraction of sp³-hybridized carbons (Fsp3) is 0.0909. The number of halogens is 1. The van der Waals surface area contributed by atoms with Crippen molar-refractivity contribution in [1.29, 1.82) is 5.26 Å². The largest absolute Gasteiger partial charge is 0.506 e. The molecule has 0 aliphatic heterocycles. The second-order valence-corrected chi connectivity index (χ2v) is 4.02. The van der Waals surface area contributed by atoms with Crippen LogP contribution in [0.4, 0.5) is 5.69 Å². The van der Waals surface area contributed by atoms with Crippen LogP contribution >= 0.6 is 11.6 Å². The van der Waals surface area contributed by atoms with Crippen LogP contribution in [0, 0.1) is 18.3 Å². The molecule has 0 fully saturated rings. The van der Waals surface area contributed by atoms with E-state index in [1.54, 1.807) is 19.1 Å². The molecule has 0 amide bonds. The molecule has 1 aromatic heterocycles. The first-order valence-electron chi connectivity index (χ1n) is 5.22. The van der Waals surface area contributed by atoms with Gasteiger partial charge in [-0.15, -0.1) is 10.2 Å². The smallest absolute Gasteiger partial charge is 0.216 e. The van der Waals surface area contributed by atoms with E-state index in [1.165, 1.54) is 6.20 Å². The lowest BCUT2D eigenvalue weighted by Gasteiger charge is -2.07. The fourth-order valence-corrected chi connectivity index (χ4v) is 1.61. The lowest BCUT2D eigenvalue weighted by Crippen LogP contribution is -1.94. The molecule has 0 aliphatic rings. The maximum atomic E-state index is 9.70. The number of nitrogens with zero attached hydrogens (tertiary/aromatic N) is 4. The molecule has 0 unspecified atom stereocenters. The van der Waals surface area contributed by atoms with Crippen LogP contribution in [0.25, 0.3) is 5.57 Å². The van der Waals surface area contributed by atoms with Crippen molar-refractivity contribution in [2.75, 3.05) is 5.32 Å². The molecule has 8 heteroatoms. The SMILES string of the molecule is Cc1ccc(NC=C(C#N)c2nn[nH]n2)c(Cl)c1O. The van der Waals surface area contributed by atoms with Crippen molar-refractivity contribution in [2.24, 2.45) is 0 Å². The van der Waals surface area contributed by atoms with Crippen LogP contribution in [0.5, 0.6) is 5.75 Å². The molecule has 2 aromatic rings. The third kappa shape index (κ3) is 2.64. The number of rotatable bonds is 3. The number of aromatic nitrogens is 4. The third-order valence-corrected chi connectivity index (χ3v) is 2.78. The minimum absolute atomic E-state index is 0.00173. The minimum Gasteiger partial charge on any atom is -0.506 e. The number of nitrogens with one attached hydrogen (secondary N) is 2. The zero-order valence-corrected chi connectivity index (χ0v) is 10.6. The molecule has 0 spiro atoms. The molecule has 0 atom stereocenters. The van der Waals surface area contributed by atoms with Crippen molar-refractivity contribution in [3.8, 4) is 11.8 Å². The summed E-state index contributed by atoms with van der Waals surface area (Å²) in [4.78, 5) is 0. The Balaban J connectivity index is 2.28. The Labute approximate surface area is 113 Å². The van der Waals surface area contributed by atoms with E-state index in [9.17, 15) is 5.11 Å². The van der Waals surface area contributed by atoms with E-state index in [0.29, 0.717) is 11.3 Å². The zero-order valence-electron chi connectivity index (χ0n) is 9.85. The van der Waals surface area contributed by atoms with Crippen molar-refractivity contribution in [2.45, 2.75) is 6.92 Å². The van der Waals surface area contributed by atoms with Gasteiger partial charge in [-0.3, -0.25) is 0 Å². The van der Waals surface area contributed by atoms with E-state index >= 15 is 0 Å². The van der Waals surface area contributed by atoms with E-state index < -0.39 is 0 Å². The normalized spacial score (nSPS) is 11.1. The molecule has 0 radical (unpaired) electrons. The molecule has 1 heterocycles. The number of allylic oxidation sites excluding steroid dienone is 1. The van der Waals surface area contributed by atoms with Gasteiger partial charge in [0.2, 0.25) is 5.82 Å². The van der Waals surface area contributed by atoms with Gasteiger partial charge in [0, 0.05) is 6.20 Å². The summed E-state index contributed by atoms with van der Waals surface area (Å²) in [6.07, 6.45) is 1.39. The Morgan fingerprint density at radius 2 is 2.37 bits per heavy atom. The Kier molecular flexibility index (Phi) is 3.63. The van der Waals surface area contributed by atoms with Crippen LogP contribution in [-0.2, 0) is 0 Å². The second-order valence-electron chi connectivity index (χ2n) is 3.64. The highest BCUT2D eigenvalue weighted by molar-refractivity contribution is 6.34. The number of aromatic hydroxyl groups is 1. The van der Waals surface area contributed by atoms with Gasteiger partial charge in [0.1, 0.15) is 22.4 Å². The van der Waals surface area contributed by atoms with Gasteiger partial charge >= 0.3 is 0 Å². The Bertz CT molecular complexity index is 659. The quantitative estimate of drug-likeness (QED) is 0.738. The first kappa shape index (κ1) is 12.9. The number of aryl methyl sites for hydroxylation is 1. The highest BCUT2D eigenvalue weighted by atomic mass is 35.5. The number of nitriles is 1. The van der Waals surface area contributed by atoms with Gasteiger partial charge in [0.25, 0.3) is 0 Å². The maximum Gasteiger partial charge on any atom is 0.216 e. The summed E-state index contributed by atoms with van der Waals surface area (Å²) in [5, 5.41) is 34.7. The van der Waals surface area contributed by atoms with Crippen LogP contribution in [0.15, 0.2) is 18.3 Å². The molecular weight excluding hydrogens is 268 g/mol. The molecule has 0 bridgehead atoms. The van der Waals surface area contributed by atoms with Crippen LogP contribution in [0.3, 0.4) is 0 Å². The van der Waals surface area contributed by atoms with Crippen LogP contribution in [0.2, 0.25) is 5.02 Å². The van der Waals surface area contributed by atoms with Crippen molar-refractivity contribution < 1.29 is 5.11 Å². The number of aromatic amines is 1. The monoisotopic (exact) mass is 276 g/mol.